The first-order valence-corrected chi connectivity index (χ1v) is 9.41. The number of hydrogen-bond acceptors (Lipinski definition) is 6. The van der Waals surface area contributed by atoms with Gasteiger partial charge >= 0.3 is 0 Å². The van der Waals surface area contributed by atoms with Gasteiger partial charge in [0.25, 0.3) is 5.91 Å². The van der Waals surface area contributed by atoms with Crippen LogP contribution >= 0.6 is 0 Å². The Morgan fingerprint density at radius 1 is 1.18 bits per heavy atom. The summed E-state index contributed by atoms with van der Waals surface area (Å²) < 4.78 is 7.08. The predicted molar refractivity (Wildman–Crippen MR) is 102 cm³/mol. The van der Waals surface area contributed by atoms with Crippen LogP contribution in [-0.4, -0.2) is 50.3 Å². The van der Waals surface area contributed by atoms with E-state index in [4.69, 9.17) is 4.42 Å². The van der Waals surface area contributed by atoms with E-state index >= 15 is 0 Å². The lowest BCUT2D eigenvalue weighted by atomic mass is 10.2. The van der Waals surface area contributed by atoms with Gasteiger partial charge in [0, 0.05) is 51.1 Å². The number of rotatable bonds is 6. The highest BCUT2D eigenvalue weighted by Crippen LogP contribution is 2.19. The monoisotopic (exact) mass is 381 g/mol. The molecule has 0 saturated carbocycles. The Bertz CT molecular complexity index is 935. The summed E-state index contributed by atoms with van der Waals surface area (Å²) in [6.07, 6.45) is 4.34. The zero-order chi connectivity index (χ0) is 19.3. The fourth-order valence-corrected chi connectivity index (χ4v) is 3.44. The van der Waals surface area contributed by atoms with Crippen molar-refractivity contribution in [3.05, 3.63) is 65.6 Å². The number of nitrogens with one attached hydrogen (secondary N) is 1. The van der Waals surface area contributed by atoms with Gasteiger partial charge in [0.05, 0.1) is 11.8 Å². The van der Waals surface area contributed by atoms with Crippen LogP contribution in [0.25, 0.3) is 0 Å². The van der Waals surface area contributed by atoms with Gasteiger partial charge in [-0.25, -0.2) is 0 Å². The number of phenolic OH excluding ortho intramolecular Hbond substituents is 1. The van der Waals surface area contributed by atoms with E-state index in [-0.39, 0.29) is 5.91 Å². The number of para-hydroxylation sites is 1. The van der Waals surface area contributed by atoms with Crippen molar-refractivity contribution in [3.8, 4) is 5.75 Å². The third-order valence-electron chi connectivity index (χ3n) is 5.00. The first-order chi connectivity index (χ1) is 13.7. The van der Waals surface area contributed by atoms with Gasteiger partial charge in [-0.05, 0) is 12.1 Å². The summed E-state index contributed by atoms with van der Waals surface area (Å²) in [5.74, 6) is 2.03. The van der Waals surface area contributed by atoms with E-state index in [9.17, 15) is 9.90 Å². The van der Waals surface area contributed by atoms with E-state index in [0.29, 0.717) is 30.8 Å². The Labute approximate surface area is 162 Å². The zero-order valence-corrected chi connectivity index (χ0v) is 15.5. The van der Waals surface area contributed by atoms with Crippen LogP contribution in [0.15, 0.2) is 47.3 Å². The predicted octanol–water partition coefficient (Wildman–Crippen LogP) is 1.61. The summed E-state index contributed by atoms with van der Waals surface area (Å²) in [7, 11) is 0. The lowest BCUT2D eigenvalue weighted by Gasteiger charge is -2.20. The van der Waals surface area contributed by atoms with Crippen LogP contribution < -0.4 is 5.32 Å². The van der Waals surface area contributed by atoms with Gasteiger partial charge in [-0.15, -0.1) is 10.2 Å². The summed E-state index contributed by atoms with van der Waals surface area (Å²) in [5.41, 5.74) is 1.45. The molecule has 4 rings (SSSR count). The minimum absolute atomic E-state index is 0.154. The quantitative estimate of drug-likeness (QED) is 0.673. The number of benzene rings is 1. The van der Waals surface area contributed by atoms with Crippen molar-refractivity contribution >= 4 is 5.91 Å². The summed E-state index contributed by atoms with van der Waals surface area (Å²) >= 11 is 0. The van der Waals surface area contributed by atoms with Crippen LogP contribution in [-0.2, 0) is 25.9 Å². The Morgan fingerprint density at radius 2 is 2.07 bits per heavy atom. The minimum Gasteiger partial charge on any atom is -0.508 e. The van der Waals surface area contributed by atoms with E-state index in [2.05, 4.69) is 25.0 Å². The molecule has 8 nitrogen and oxygen atoms in total. The molecule has 0 saturated heterocycles. The van der Waals surface area contributed by atoms with Crippen LogP contribution in [0.5, 0.6) is 5.75 Å². The van der Waals surface area contributed by atoms with Crippen LogP contribution in [0.2, 0.25) is 0 Å². The number of amides is 1. The minimum atomic E-state index is -0.154. The van der Waals surface area contributed by atoms with Gasteiger partial charge in [0.15, 0.2) is 0 Å². The van der Waals surface area contributed by atoms with Crippen molar-refractivity contribution in [1.82, 2.24) is 25.0 Å². The zero-order valence-electron chi connectivity index (χ0n) is 15.5. The van der Waals surface area contributed by atoms with Crippen molar-refractivity contribution in [2.24, 2.45) is 0 Å². The Kier molecular flexibility index (Phi) is 5.38. The summed E-state index contributed by atoms with van der Waals surface area (Å²) in [5, 5.41) is 21.5. The number of hydrogen-bond donors (Lipinski definition) is 2. The molecular weight excluding hydrogens is 358 g/mol. The smallest absolute Gasteiger partial charge is 0.254 e. The normalized spacial score (nSPS) is 14.4. The molecule has 3 aromatic rings. The fraction of sp³-hybridized carbons (Fsp3) is 0.350. The molecule has 0 atom stereocenters. The standard InChI is InChI=1S/C20H23N5O3/c26-17-4-2-1-3-15(17)13-24-9-6-19-23-22-18(25(19)11-10-24)5-8-21-20(27)16-7-12-28-14-16/h1-4,7,12,14,26H,5-6,8-11,13H2,(H,21,27). The highest BCUT2D eigenvalue weighted by molar-refractivity contribution is 5.93. The number of aromatic nitrogens is 3. The molecular formula is C20H23N5O3. The Morgan fingerprint density at radius 3 is 2.89 bits per heavy atom. The maximum atomic E-state index is 12.0. The van der Waals surface area contributed by atoms with Crippen molar-refractivity contribution in [3.63, 3.8) is 0 Å². The van der Waals surface area contributed by atoms with E-state index in [1.165, 1.54) is 12.5 Å². The van der Waals surface area contributed by atoms with Crippen LogP contribution in [0.1, 0.15) is 27.6 Å². The molecule has 1 aliphatic rings. The number of aromatic hydroxyl groups is 1. The Hall–Kier alpha value is -3.13. The van der Waals surface area contributed by atoms with Gasteiger partial charge in [0.1, 0.15) is 23.7 Å². The average molecular weight is 381 g/mol. The summed E-state index contributed by atoms with van der Waals surface area (Å²) in [4.78, 5) is 14.3. The third kappa shape index (κ3) is 4.07. The number of furan rings is 1. The molecule has 0 bridgehead atoms. The second-order valence-electron chi connectivity index (χ2n) is 6.86. The molecule has 0 fully saturated rings. The van der Waals surface area contributed by atoms with Gasteiger partial charge in [-0.1, -0.05) is 18.2 Å². The molecule has 1 aliphatic heterocycles. The van der Waals surface area contributed by atoms with Crippen molar-refractivity contribution in [2.75, 3.05) is 19.6 Å². The molecule has 146 valence electrons. The van der Waals surface area contributed by atoms with E-state index in [1.807, 2.05) is 18.2 Å². The lowest BCUT2D eigenvalue weighted by Crippen LogP contribution is -2.28. The van der Waals surface area contributed by atoms with Crippen molar-refractivity contribution < 1.29 is 14.3 Å². The lowest BCUT2D eigenvalue weighted by molar-refractivity contribution is 0.0953. The second kappa shape index (κ2) is 8.26. The van der Waals surface area contributed by atoms with Gasteiger partial charge < -0.3 is 19.4 Å². The SMILES string of the molecule is O=C(NCCc1nnc2n1CCN(Cc1ccccc1O)CC2)c1ccoc1. The van der Waals surface area contributed by atoms with Crippen LogP contribution in [0, 0.1) is 0 Å². The largest absolute Gasteiger partial charge is 0.508 e. The molecule has 2 N–H and O–H groups in total. The maximum absolute atomic E-state index is 12.0. The molecule has 0 radical (unpaired) electrons. The number of carbonyl (C=O) groups excluding carboxylic acids is 1. The first-order valence-electron chi connectivity index (χ1n) is 9.41. The third-order valence-corrected chi connectivity index (χ3v) is 5.00. The highest BCUT2D eigenvalue weighted by Gasteiger charge is 2.19. The number of fused-ring (bicyclic) bond motifs is 1. The number of nitrogens with zero attached hydrogens (tertiary/aromatic N) is 4. The van der Waals surface area contributed by atoms with Crippen molar-refractivity contribution in [2.45, 2.75) is 25.9 Å². The molecule has 2 aromatic heterocycles. The molecule has 0 spiro atoms. The van der Waals surface area contributed by atoms with Gasteiger partial charge in [0.2, 0.25) is 0 Å². The van der Waals surface area contributed by atoms with Gasteiger partial charge in [-0.3, -0.25) is 9.69 Å². The van der Waals surface area contributed by atoms with Crippen molar-refractivity contribution in [1.29, 1.82) is 0 Å². The van der Waals surface area contributed by atoms with Gasteiger partial charge in [-0.2, -0.15) is 0 Å². The first kappa shape index (κ1) is 18.2. The summed E-state index contributed by atoms with van der Waals surface area (Å²) in [6.45, 7) is 3.71. The molecule has 8 heteroatoms. The highest BCUT2D eigenvalue weighted by atomic mass is 16.3. The fourth-order valence-electron chi connectivity index (χ4n) is 3.44. The number of phenols is 1. The molecule has 0 unspecified atom stereocenters. The molecule has 1 aromatic carbocycles. The molecule has 0 aliphatic carbocycles. The topological polar surface area (TPSA) is 96.4 Å². The van der Waals surface area contributed by atoms with E-state index < -0.39 is 0 Å². The molecule has 1 amide bonds. The number of carbonyl (C=O) groups is 1. The van der Waals surface area contributed by atoms with E-state index in [0.717, 1.165) is 43.3 Å². The second-order valence-corrected chi connectivity index (χ2v) is 6.86. The Balaban J connectivity index is 1.33. The molecule has 28 heavy (non-hydrogen) atoms. The van der Waals surface area contributed by atoms with E-state index in [1.54, 1.807) is 12.1 Å². The van der Waals surface area contributed by atoms with Crippen LogP contribution in [0.3, 0.4) is 0 Å². The summed E-state index contributed by atoms with van der Waals surface area (Å²) in [6, 6.07) is 9.09. The maximum Gasteiger partial charge on any atom is 0.254 e. The molecule has 3 heterocycles. The van der Waals surface area contributed by atoms with Crippen LogP contribution in [0.4, 0.5) is 0 Å². The average Bonchev–Trinajstić information content (AvgIpc) is 3.32.